The molecular weight excluding hydrogens is 178 g/mol. The van der Waals surface area contributed by atoms with Crippen LogP contribution in [0.15, 0.2) is 0 Å². The summed E-state index contributed by atoms with van der Waals surface area (Å²) in [4.78, 5) is 12.4. The van der Waals surface area contributed by atoms with Crippen molar-refractivity contribution in [1.82, 2.24) is 4.90 Å². The molecule has 0 radical (unpaired) electrons. The topological polar surface area (TPSA) is 54.5 Å². The smallest absolute Gasteiger partial charge is 0.222 e. The van der Waals surface area contributed by atoms with E-state index in [-0.39, 0.29) is 18.2 Å². The van der Waals surface area contributed by atoms with Crippen molar-refractivity contribution in [2.24, 2.45) is 0 Å². The molecule has 72 valence electrons. The Balaban J connectivity index is 3.88. The molecule has 0 aromatic carbocycles. The predicted octanol–water partition coefficient (Wildman–Crippen LogP) is -0.101. The quantitative estimate of drug-likeness (QED) is 0.626. The molecule has 0 bridgehead atoms. The normalized spacial score (nSPS) is 11.2. The summed E-state index contributed by atoms with van der Waals surface area (Å²) >= 11 is 0. The lowest BCUT2D eigenvalue weighted by Gasteiger charge is -2.14. The van der Waals surface area contributed by atoms with E-state index >= 15 is 0 Å². The van der Waals surface area contributed by atoms with Crippen LogP contribution in [-0.2, 0) is 14.6 Å². The molecule has 0 aliphatic heterocycles. The minimum Gasteiger partial charge on any atom is -0.345 e. The molecule has 0 saturated heterocycles. The molecule has 0 aromatic rings. The minimum absolute atomic E-state index is 0.0290. The van der Waals surface area contributed by atoms with Crippen LogP contribution in [0.3, 0.4) is 0 Å². The second-order valence-electron chi connectivity index (χ2n) is 2.80. The van der Waals surface area contributed by atoms with Gasteiger partial charge < -0.3 is 4.90 Å². The fourth-order valence-electron chi connectivity index (χ4n) is 0.697. The molecule has 0 aliphatic carbocycles. The molecule has 0 rings (SSSR count). The van der Waals surface area contributed by atoms with E-state index in [1.165, 1.54) is 4.90 Å². The van der Waals surface area contributed by atoms with Gasteiger partial charge in [0.15, 0.2) is 0 Å². The van der Waals surface area contributed by atoms with Gasteiger partial charge in [-0.25, -0.2) is 8.42 Å². The molecular formula is C7H15NO3S. The van der Waals surface area contributed by atoms with E-state index in [2.05, 4.69) is 0 Å². The first-order valence-electron chi connectivity index (χ1n) is 3.78. The molecule has 0 aromatic heterocycles. The van der Waals surface area contributed by atoms with Crippen molar-refractivity contribution in [3.63, 3.8) is 0 Å². The number of carbonyl (C=O) groups excluding carboxylic acids is 1. The number of rotatable bonds is 4. The molecule has 12 heavy (non-hydrogen) atoms. The maximum Gasteiger partial charge on any atom is 0.222 e. The van der Waals surface area contributed by atoms with Crippen LogP contribution >= 0.6 is 0 Å². The van der Waals surface area contributed by atoms with E-state index in [9.17, 15) is 13.2 Å². The fourth-order valence-corrected chi connectivity index (χ4v) is 1.30. The molecule has 0 unspecified atom stereocenters. The van der Waals surface area contributed by atoms with Crippen molar-refractivity contribution >= 4 is 15.7 Å². The third-order valence-electron chi connectivity index (χ3n) is 1.53. The van der Waals surface area contributed by atoms with Gasteiger partial charge in [0, 0.05) is 26.3 Å². The van der Waals surface area contributed by atoms with Crippen LogP contribution < -0.4 is 0 Å². The van der Waals surface area contributed by atoms with Crippen molar-refractivity contribution < 1.29 is 13.2 Å². The summed E-state index contributed by atoms with van der Waals surface area (Å²) in [5.41, 5.74) is 0. The van der Waals surface area contributed by atoms with Gasteiger partial charge in [-0.1, -0.05) is 6.92 Å². The molecule has 0 atom stereocenters. The second-order valence-corrected chi connectivity index (χ2v) is 5.06. The minimum atomic E-state index is -2.95. The van der Waals surface area contributed by atoms with Crippen LogP contribution in [0.4, 0.5) is 0 Å². The largest absolute Gasteiger partial charge is 0.345 e. The average Bonchev–Trinajstić information content (AvgIpc) is 1.97. The molecule has 0 heterocycles. The van der Waals surface area contributed by atoms with Gasteiger partial charge in [-0.3, -0.25) is 4.79 Å². The van der Waals surface area contributed by atoms with Crippen LogP contribution in [0, 0.1) is 0 Å². The highest BCUT2D eigenvalue weighted by molar-refractivity contribution is 7.90. The Labute approximate surface area is 73.5 Å². The zero-order valence-corrected chi connectivity index (χ0v) is 8.52. The van der Waals surface area contributed by atoms with E-state index in [1.54, 1.807) is 14.0 Å². The lowest BCUT2D eigenvalue weighted by atomic mass is 10.4. The van der Waals surface area contributed by atoms with Gasteiger partial charge in [-0.15, -0.1) is 0 Å². The van der Waals surface area contributed by atoms with E-state index in [0.29, 0.717) is 6.42 Å². The van der Waals surface area contributed by atoms with Crippen LogP contribution in [0.25, 0.3) is 0 Å². The lowest BCUT2D eigenvalue weighted by Crippen LogP contribution is -2.30. The van der Waals surface area contributed by atoms with Crippen LogP contribution in [0.5, 0.6) is 0 Å². The van der Waals surface area contributed by atoms with E-state index < -0.39 is 9.84 Å². The Morgan fingerprint density at radius 1 is 1.42 bits per heavy atom. The highest BCUT2D eigenvalue weighted by Crippen LogP contribution is 1.91. The van der Waals surface area contributed by atoms with E-state index in [4.69, 9.17) is 0 Å². The molecule has 0 N–H and O–H groups in total. The van der Waals surface area contributed by atoms with Gasteiger partial charge in [0.05, 0.1) is 5.75 Å². The van der Waals surface area contributed by atoms with Crippen molar-refractivity contribution in [2.45, 2.75) is 13.3 Å². The first-order chi connectivity index (χ1) is 5.37. The van der Waals surface area contributed by atoms with Gasteiger partial charge in [0.1, 0.15) is 9.84 Å². The predicted molar refractivity (Wildman–Crippen MR) is 47.6 cm³/mol. The Kier molecular flexibility index (Phi) is 4.23. The maximum absolute atomic E-state index is 11.0. The number of carbonyl (C=O) groups is 1. The third kappa shape index (κ3) is 5.12. The molecule has 0 fully saturated rings. The van der Waals surface area contributed by atoms with Crippen molar-refractivity contribution in [3.05, 3.63) is 0 Å². The Morgan fingerprint density at radius 2 is 1.92 bits per heavy atom. The zero-order valence-electron chi connectivity index (χ0n) is 7.70. The Morgan fingerprint density at radius 3 is 2.25 bits per heavy atom. The number of nitrogens with zero attached hydrogens (tertiary/aromatic N) is 1. The van der Waals surface area contributed by atoms with Crippen LogP contribution in [0.2, 0.25) is 0 Å². The Bertz CT molecular complexity index is 245. The summed E-state index contributed by atoms with van der Waals surface area (Å²) in [6.07, 6.45) is 1.58. The molecule has 0 spiro atoms. The number of amides is 1. The lowest BCUT2D eigenvalue weighted by molar-refractivity contribution is -0.129. The van der Waals surface area contributed by atoms with Crippen molar-refractivity contribution in [3.8, 4) is 0 Å². The van der Waals surface area contributed by atoms with Crippen molar-refractivity contribution in [2.75, 3.05) is 25.6 Å². The maximum atomic E-state index is 11.0. The van der Waals surface area contributed by atoms with Gasteiger partial charge in [0.25, 0.3) is 0 Å². The number of hydrogen-bond acceptors (Lipinski definition) is 3. The average molecular weight is 193 g/mol. The SMILES string of the molecule is CCC(=O)N(C)CCS(C)(=O)=O. The monoisotopic (exact) mass is 193 g/mol. The first kappa shape index (κ1) is 11.4. The van der Waals surface area contributed by atoms with Crippen molar-refractivity contribution in [1.29, 1.82) is 0 Å². The van der Waals surface area contributed by atoms with E-state index in [1.807, 2.05) is 0 Å². The second kappa shape index (κ2) is 4.45. The van der Waals surface area contributed by atoms with E-state index in [0.717, 1.165) is 6.26 Å². The van der Waals surface area contributed by atoms with Gasteiger partial charge in [-0.05, 0) is 0 Å². The summed E-state index contributed by atoms with van der Waals surface area (Å²) in [6, 6.07) is 0. The number of sulfone groups is 1. The molecule has 5 heteroatoms. The highest BCUT2D eigenvalue weighted by atomic mass is 32.2. The summed E-state index contributed by atoms with van der Waals surface area (Å²) in [7, 11) is -1.35. The number of hydrogen-bond donors (Lipinski definition) is 0. The molecule has 1 amide bonds. The summed E-state index contributed by atoms with van der Waals surface area (Å²) in [6.45, 7) is 2.03. The molecule has 4 nitrogen and oxygen atoms in total. The summed E-state index contributed by atoms with van der Waals surface area (Å²) in [5, 5.41) is 0. The summed E-state index contributed by atoms with van der Waals surface area (Å²) < 4.78 is 21.4. The van der Waals surface area contributed by atoms with Gasteiger partial charge in [0.2, 0.25) is 5.91 Å². The zero-order chi connectivity index (χ0) is 9.78. The van der Waals surface area contributed by atoms with Crippen LogP contribution in [-0.4, -0.2) is 44.8 Å². The molecule has 0 aliphatic rings. The van der Waals surface area contributed by atoms with Gasteiger partial charge >= 0.3 is 0 Å². The fraction of sp³-hybridized carbons (Fsp3) is 0.857. The highest BCUT2D eigenvalue weighted by Gasteiger charge is 2.08. The molecule has 0 saturated carbocycles. The third-order valence-corrected chi connectivity index (χ3v) is 2.45. The van der Waals surface area contributed by atoms with Crippen LogP contribution in [0.1, 0.15) is 13.3 Å². The first-order valence-corrected chi connectivity index (χ1v) is 5.84. The Hall–Kier alpha value is -0.580. The van der Waals surface area contributed by atoms with Gasteiger partial charge in [-0.2, -0.15) is 0 Å². The standard InChI is InChI=1S/C7H15NO3S/c1-4-7(9)8(2)5-6-12(3,10)11/h4-6H2,1-3H3. The summed E-state index contributed by atoms with van der Waals surface area (Å²) in [5.74, 6) is 0.00792.